The minimum Gasteiger partial charge on any atom is -0.311 e. The summed E-state index contributed by atoms with van der Waals surface area (Å²) in [4.78, 5) is 0. The van der Waals surface area contributed by atoms with E-state index in [0.29, 0.717) is 13.2 Å². The lowest BCUT2D eigenvalue weighted by Gasteiger charge is -2.03. The first-order valence-corrected chi connectivity index (χ1v) is 25.5. The number of rotatable bonds is 36. The molecular weight excluding hydrogens is 655 g/mol. The van der Waals surface area contributed by atoms with Crippen molar-refractivity contribution in [2.45, 2.75) is 300 Å². The Morgan fingerprint density at radius 1 is 0.231 bits per heavy atom. The third-order valence-corrected chi connectivity index (χ3v) is 10.1. The van der Waals surface area contributed by atoms with Crippen molar-refractivity contribution in [2.24, 2.45) is 0 Å². The molecule has 0 saturated heterocycles. The first kappa shape index (κ1) is 61.4. The Labute approximate surface area is 334 Å². The van der Waals surface area contributed by atoms with Gasteiger partial charge in [0, 0.05) is 0 Å². The van der Waals surface area contributed by atoms with Crippen LogP contribution in [0.25, 0.3) is 0 Å². The highest BCUT2D eigenvalue weighted by molar-refractivity contribution is 7.33. The zero-order chi connectivity index (χ0) is 39.9. The molecule has 0 spiro atoms. The second kappa shape index (κ2) is 69.1. The summed E-state index contributed by atoms with van der Waals surface area (Å²) in [5.74, 6) is 0. The third kappa shape index (κ3) is 83.2. The van der Waals surface area contributed by atoms with E-state index < -0.39 is 8.25 Å². The normalized spacial score (nSPS) is 10.4. The number of unbranched alkanes of at least 4 members (excludes halogenated alkanes) is 30. The fraction of sp³-hybridized carbons (Fsp3) is 1.00. The maximum absolute atomic E-state index is 10.9. The van der Waals surface area contributed by atoms with Crippen LogP contribution in [0.4, 0.5) is 0 Å². The molecule has 0 fully saturated rings. The van der Waals surface area contributed by atoms with Crippen molar-refractivity contribution >= 4 is 8.25 Å². The molecule has 0 atom stereocenters. The molecule has 0 aliphatic carbocycles. The van der Waals surface area contributed by atoms with Crippen molar-refractivity contribution in [2.75, 3.05) is 13.2 Å². The van der Waals surface area contributed by atoms with Crippen LogP contribution in [0, 0.1) is 0 Å². The molecule has 4 heteroatoms. The molecule has 0 radical (unpaired) electrons. The van der Waals surface area contributed by atoms with Crippen LogP contribution < -0.4 is 0 Å². The predicted molar refractivity (Wildman–Crippen MR) is 244 cm³/mol. The number of hydrogen-bond acceptors (Lipinski definition) is 3. The van der Waals surface area contributed by atoms with Crippen LogP contribution in [0.3, 0.4) is 0 Å². The minimum absolute atomic E-state index is 0.556. The van der Waals surface area contributed by atoms with Gasteiger partial charge in [0.15, 0.2) is 0 Å². The Morgan fingerprint density at radius 3 is 0.500 bits per heavy atom. The van der Waals surface area contributed by atoms with Crippen LogP contribution in [0.2, 0.25) is 0 Å². The summed E-state index contributed by atoms with van der Waals surface area (Å²) in [6.07, 6.45) is 49.9. The molecule has 0 aromatic carbocycles. The molecule has 0 unspecified atom stereocenters. The van der Waals surface area contributed by atoms with Gasteiger partial charge in [-0.2, -0.15) is 0 Å². The van der Waals surface area contributed by atoms with Crippen molar-refractivity contribution in [3.05, 3.63) is 0 Å². The van der Waals surface area contributed by atoms with E-state index in [0.717, 1.165) is 25.7 Å². The summed E-state index contributed by atoms with van der Waals surface area (Å²) in [5.41, 5.74) is 0. The fourth-order valence-corrected chi connectivity index (χ4v) is 6.18. The predicted octanol–water partition coefficient (Wildman–Crippen LogP) is 19.6. The molecule has 0 aliphatic rings. The molecule has 3 nitrogen and oxygen atoms in total. The van der Waals surface area contributed by atoms with Crippen LogP contribution >= 0.6 is 8.25 Å². The average Bonchev–Trinajstić information content (AvgIpc) is 3.15. The molecule has 0 rings (SSSR count). The molecule has 0 bridgehead atoms. The van der Waals surface area contributed by atoms with Gasteiger partial charge in [-0.15, -0.1) is 0 Å². The lowest BCUT2D eigenvalue weighted by Crippen LogP contribution is -1.90. The molecule has 0 aromatic heterocycles. The fourth-order valence-electron chi connectivity index (χ4n) is 5.47. The lowest BCUT2D eigenvalue weighted by molar-refractivity contribution is 0.221. The van der Waals surface area contributed by atoms with Crippen LogP contribution in [-0.2, 0) is 13.6 Å². The quantitative estimate of drug-likeness (QED) is 0.0471. The Balaban J connectivity index is -0.000000177. The first-order chi connectivity index (χ1) is 25.5. The van der Waals surface area contributed by atoms with E-state index in [-0.39, 0.29) is 0 Å². The lowest BCUT2D eigenvalue weighted by atomic mass is 10.1. The van der Waals surface area contributed by atoms with Gasteiger partial charge in [-0.05, 0) is 12.8 Å². The van der Waals surface area contributed by atoms with Crippen LogP contribution in [-0.4, -0.2) is 13.2 Å². The van der Waals surface area contributed by atoms with Gasteiger partial charge in [-0.1, -0.05) is 288 Å². The van der Waals surface area contributed by atoms with Crippen LogP contribution in [0.1, 0.15) is 300 Å². The zero-order valence-corrected chi connectivity index (χ0v) is 39.6. The van der Waals surface area contributed by atoms with Crippen LogP contribution in [0.5, 0.6) is 0 Å². The largest absolute Gasteiger partial charge is 0.319 e. The highest BCUT2D eigenvalue weighted by Gasteiger charge is 1.97. The van der Waals surface area contributed by atoms with Crippen molar-refractivity contribution in [3.63, 3.8) is 0 Å². The van der Waals surface area contributed by atoms with Crippen molar-refractivity contribution < 1.29 is 13.6 Å². The van der Waals surface area contributed by atoms with Gasteiger partial charge in [-0.25, -0.2) is 0 Å². The first-order valence-electron chi connectivity index (χ1n) is 24.3. The summed E-state index contributed by atoms with van der Waals surface area (Å²) in [7, 11) is -2.18. The molecular formula is C48H107O3P. The van der Waals surface area contributed by atoms with Gasteiger partial charge in [0.1, 0.15) is 0 Å². The molecule has 0 saturated carbocycles. The molecule has 0 N–H and O–H groups in total. The summed E-state index contributed by atoms with van der Waals surface area (Å²) in [6.45, 7) is 23.4. The molecule has 0 aromatic rings. The van der Waals surface area contributed by atoms with Gasteiger partial charge < -0.3 is 9.05 Å². The SMILES string of the molecule is CCCCCCCCCC.CCCCCCCCCC.CCCCCCCCCC.CCCCCCCCCC.CCCCO[PH](=O)OCCCC. The van der Waals surface area contributed by atoms with Crippen LogP contribution in [0.15, 0.2) is 0 Å². The van der Waals surface area contributed by atoms with Gasteiger partial charge in [0.05, 0.1) is 13.2 Å². The topological polar surface area (TPSA) is 35.5 Å². The third-order valence-electron chi connectivity index (χ3n) is 9.26. The molecule has 322 valence electrons. The maximum atomic E-state index is 10.9. The second-order valence-corrected chi connectivity index (χ2v) is 16.2. The smallest absolute Gasteiger partial charge is 0.311 e. The van der Waals surface area contributed by atoms with E-state index in [4.69, 9.17) is 9.05 Å². The zero-order valence-electron chi connectivity index (χ0n) is 38.6. The monoisotopic (exact) mass is 763 g/mol. The van der Waals surface area contributed by atoms with E-state index in [1.54, 1.807) is 0 Å². The van der Waals surface area contributed by atoms with Gasteiger partial charge in [-0.3, -0.25) is 4.57 Å². The highest BCUT2D eigenvalue weighted by Crippen LogP contribution is 2.24. The standard InChI is InChI=1S/4C10H22.C8H19O3P/c4*1-3-5-7-9-10-8-6-4-2;1-3-5-7-10-12(9)11-8-6-4-2/h4*3-10H2,1-2H3;12H,3-8H2,1-2H3. The molecule has 0 aliphatic heterocycles. The Morgan fingerprint density at radius 2 is 0.365 bits per heavy atom. The van der Waals surface area contributed by atoms with Gasteiger partial charge in [0.2, 0.25) is 0 Å². The molecule has 0 heterocycles. The molecule has 0 amide bonds. The van der Waals surface area contributed by atoms with E-state index in [1.165, 1.54) is 205 Å². The second-order valence-electron chi connectivity index (χ2n) is 15.1. The van der Waals surface area contributed by atoms with Crippen molar-refractivity contribution in [1.82, 2.24) is 0 Å². The van der Waals surface area contributed by atoms with E-state index in [9.17, 15) is 4.57 Å². The molecule has 52 heavy (non-hydrogen) atoms. The van der Waals surface area contributed by atoms with Crippen molar-refractivity contribution in [1.29, 1.82) is 0 Å². The van der Waals surface area contributed by atoms with Gasteiger partial charge >= 0.3 is 8.25 Å². The van der Waals surface area contributed by atoms with E-state index >= 15 is 0 Å². The average molecular weight is 763 g/mol. The summed E-state index contributed by atoms with van der Waals surface area (Å²) < 4.78 is 20.8. The Hall–Kier alpha value is 0.150. The van der Waals surface area contributed by atoms with E-state index in [2.05, 4.69) is 69.2 Å². The minimum atomic E-state index is -2.18. The highest BCUT2D eigenvalue weighted by atomic mass is 31.1. The summed E-state index contributed by atoms with van der Waals surface area (Å²) >= 11 is 0. The summed E-state index contributed by atoms with van der Waals surface area (Å²) in [6, 6.07) is 0. The van der Waals surface area contributed by atoms with Gasteiger partial charge in [0.25, 0.3) is 0 Å². The Kier molecular flexibility index (Phi) is 81.5. The van der Waals surface area contributed by atoms with E-state index in [1.807, 2.05) is 0 Å². The number of hydrogen-bond donors (Lipinski definition) is 0. The summed E-state index contributed by atoms with van der Waals surface area (Å²) in [5, 5.41) is 0. The maximum Gasteiger partial charge on any atom is 0.319 e. The Bertz CT molecular complexity index is 420. The van der Waals surface area contributed by atoms with Crippen molar-refractivity contribution in [3.8, 4) is 0 Å².